The zero-order valence-corrected chi connectivity index (χ0v) is 15.4. The lowest BCUT2D eigenvalue weighted by Crippen LogP contribution is -2.49. The molecule has 1 N–H and O–H groups in total. The Morgan fingerprint density at radius 2 is 1.96 bits per heavy atom. The Morgan fingerprint density at radius 3 is 2.58 bits per heavy atom. The van der Waals surface area contributed by atoms with Gasteiger partial charge in [0.2, 0.25) is 10.0 Å². The van der Waals surface area contributed by atoms with Gasteiger partial charge < -0.3 is 5.32 Å². The molecular weight excluding hydrogens is 348 g/mol. The highest BCUT2D eigenvalue weighted by Gasteiger charge is 2.35. The van der Waals surface area contributed by atoms with Crippen LogP contribution in [-0.2, 0) is 10.0 Å². The molecule has 2 aliphatic rings. The molecule has 3 rings (SSSR count). The van der Waals surface area contributed by atoms with E-state index in [1.807, 2.05) is 0 Å². The van der Waals surface area contributed by atoms with E-state index in [2.05, 4.69) is 16.3 Å². The number of rotatable bonds is 3. The summed E-state index contributed by atoms with van der Waals surface area (Å²) in [7, 11) is -3.48. The molecule has 0 saturated carbocycles. The largest absolute Gasteiger partial charge is 0.314 e. The van der Waals surface area contributed by atoms with E-state index < -0.39 is 10.0 Å². The van der Waals surface area contributed by atoms with Gasteiger partial charge in [-0.05, 0) is 37.1 Å². The van der Waals surface area contributed by atoms with Crippen LogP contribution in [0, 0.1) is 18.3 Å². The Labute approximate surface area is 149 Å². The van der Waals surface area contributed by atoms with Crippen LogP contribution in [0.5, 0.6) is 0 Å². The lowest BCUT2D eigenvalue weighted by atomic mass is 10.1. The van der Waals surface area contributed by atoms with E-state index in [0.29, 0.717) is 30.3 Å². The number of piperazine rings is 1. The van der Waals surface area contributed by atoms with Gasteiger partial charge in [0.05, 0.1) is 16.5 Å². The van der Waals surface area contributed by atoms with Crippen LogP contribution >= 0.6 is 12.4 Å². The molecule has 0 aromatic heterocycles. The van der Waals surface area contributed by atoms with E-state index in [1.165, 1.54) is 0 Å². The van der Waals surface area contributed by atoms with Crippen LogP contribution in [0.25, 0.3) is 0 Å². The minimum atomic E-state index is -3.48. The average Bonchev–Trinajstić information content (AvgIpc) is 3.06. The molecule has 1 atom stereocenters. The van der Waals surface area contributed by atoms with Crippen LogP contribution < -0.4 is 5.32 Å². The molecule has 2 saturated heterocycles. The topological polar surface area (TPSA) is 76.4 Å². The summed E-state index contributed by atoms with van der Waals surface area (Å²) in [5.74, 6) is 0. The van der Waals surface area contributed by atoms with Gasteiger partial charge in [-0.3, -0.25) is 4.90 Å². The standard InChI is InChI=1S/C16H22N4O2S.ClH/c1-13-10-16(3-2-14(13)11-17)23(21,22)20-7-4-15(12-20)19-8-5-18-6-9-19;/h2-3,10,15,18H,4-9,12H2,1H3;1H. The fourth-order valence-electron chi connectivity index (χ4n) is 3.35. The van der Waals surface area contributed by atoms with Crippen molar-refractivity contribution >= 4 is 22.4 Å². The highest BCUT2D eigenvalue weighted by Crippen LogP contribution is 2.25. The summed E-state index contributed by atoms with van der Waals surface area (Å²) in [5.41, 5.74) is 1.22. The second-order valence-electron chi connectivity index (χ2n) is 6.18. The van der Waals surface area contributed by atoms with E-state index in [4.69, 9.17) is 5.26 Å². The zero-order valence-electron chi connectivity index (χ0n) is 13.7. The molecular formula is C16H23ClN4O2S. The van der Waals surface area contributed by atoms with Gasteiger partial charge in [-0.2, -0.15) is 9.57 Å². The predicted molar refractivity (Wildman–Crippen MR) is 94.7 cm³/mol. The van der Waals surface area contributed by atoms with Crippen molar-refractivity contribution in [2.24, 2.45) is 0 Å². The van der Waals surface area contributed by atoms with Crippen LogP contribution in [0.1, 0.15) is 17.5 Å². The number of nitrogens with one attached hydrogen (secondary N) is 1. The van der Waals surface area contributed by atoms with Gasteiger partial charge in [-0.1, -0.05) is 0 Å². The average molecular weight is 371 g/mol. The third-order valence-electron chi connectivity index (χ3n) is 4.75. The fraction of sp³-hybridized carbons (Fsp3) is 0.562. The second kappa shape index (κ2) is 7.81. The van der Waals surface area contributed by atoms with E-state index >= 15 is 0 Å². The van der Waals surface area contributed by atoms with Gasteiger partial charge in [-0.25, -0.2) is 8.42 Å². The van der Waals surface area contributed by atoms with Crippen molar-refractivity contribution in [1.82, 2.24) is 14.5 Å². The van der Waals surface area contributed by atoms with Crippen molar-refractivity contribution in [2.75, 3.05) is 39.3 Å². The number of hydrogen-bond acceptors (Lipinski definition) is 5. The number of sulfonamides is 1. The number of hydrogen-bond donors (Lipinski definition) is 1. The molecule has 0 amide bonds. The first kappa shape index (κ1) is 19.2. The number of halogens is 1. The Bertz CT molecular complexity index is 726. The highest BCUT2D eigenvalue weighted by molar-refractivity contribution is 7.89. The number of nitrogens with zero attached hydrogens (tertiary/aromatic N) is 3. The van der Waals surface area contributed by atoms with Gasteiger partial charge in [0.1, 0.15) is 0 Å². The third-order valence-corrected chi connectivity index (χ3v) is 6.61. The predicted octanol–water partition coefficient (Wildman–Crippen LogP) is 0.957. The molecule has 2 aliphatic heterocycles. The Hall–Kier alpha value is -1.17. The van der Waals surface area contributed by atoms with Crippen molar-refractivity contribution in [3.63, 3.8) is 0 Å². The normalized spacial score (nSPS) is 22.8. The summed E-state index contributed by atoms with van der Waals surface area (Å²) in [6.45, 7) is 6.79. The molecule has 2 heterocycles. The maximum Gasteiger partial charge on any atom is 0.243 e. The molecule has 8 heteroatoms. The molecule has 0 spiro atoms. The van der Waals surface area contributed by atoms with E-state index in [9.17, 15) is 8.42 Å². The molecule has 6 nitrogen and oxygen atoms in total. The molecule has 0 bridgehead atoms. The second-order valence-corrected chi connectivity index (χ2v) is 8.12. The first-order chi connectivity index (χ1) is 11.0. The Kier molecular flexibility index (Phi) is 6.23. The molecule has 132 valence electrons. The van der Waals surface area contributed by atoms with Crippen LogP contribution in [0.2, 0.25) is 0 Å². The lowest BCUT2D eigenvalue weighted by molar-refractivity contribution is 0.179. The van der Waals surface area contributed by atoms with Gasteiger partial charge in [0.15, 0.2) is 0 Å². The fourth-order valence-corrected chi connectivity index (χ4v) is 4.92. The minimum Gasteiger partial charge on any atom is -0.314 e. The first-order valence-corrected chi connectivity index (χ1v) is 9.42. The lowest BCUT2D eigenvalue weighted by Gasteiger charge is -2.32. The van der Waals surface area contributed by atoms with Gasteiger partial charge in [0, 0.05) is 45.3 Å². The summed E-state index contributed by atoms with van der Waals surface area (Å²) in [6, 6.07) is 7.12. The van der Waals surface area contributed by atoms with Crippen molar-refractivity contribution in [1.29, 1.82) is 5.26 Å². The molecule has 2 fully saturated rings. The summed E-state index contributed by atoms with van der Waals surface area (Å²) >= 11 is 0. The minimum absolute atomic E-state index is 0. The van der Waals surface area contributed by atoms with Crippen LogP contribution in [0.4, 0.5) is 0 Å². The van der Waals surface area contributed by atoms with Gasteiger partial charge >= 0.3 is 0 Å². The Morgan fingerprint density at radius 1 is 1.25 bits per heavy atom. The number of aryl methyl sites for hydroxylation is 1. The van der Waals surface area contributed by atoms with Crippen LogP contribution in [-0.4, -0.2) is 62.9 Å². The maximum absolute atomic E-state index is 12.8. The summed E-state index contributed by atoms with van der Waals surface area (Å²) < 4.78 is 27.2. The first-order valence-electron chi connectivity index (χ1n) is 7.98. The van der Waals surface area contributed by atoms with Gasteiger partial charge in [0.25, 0.3) is 0 Å². The Balaban J connectivity index is 0.00000208. The summed E-state index contributed by atoms with van der Waals surface area (Å²) in [4.78, 5) is 2.67. The summed E-state index contributed by atoms with van der Waals surface area (Å²) in [5, 5.41) is 12.3. The molecule has 24 heavy (non-hydrogen) atoms. The molecule has 0 radical (unpaired) electrons. The van der Waals surface area contributed by atoms with Crippen molar-refractivity contribution in [3.05, 3.63) is 29.3 Å². The van der Waals surface area contributed by atoms with Crippen LogP contribution in [0.15, 0.2) is 23.1 Å². The third kappa shape index (κ3) is 3.73. The highest BCUT2D eigenvalue weighted by atomic mass is 35.5. The molecule has 1 unspecified atom stereocenters. The molecule has 1 aromatic carbocycles. The van der Waals surface area contributed by atoms with Crippen LogP contribution in [0.3, 0.4) is 0 Å². The van der Waals surface area contributed by atoms with Crippen molar-refractivity contribution in [3.8, 4) is 6.07 Å². The quantitative estimate of drug-likeness (QED) is 0.857. The van der Waals surface area contributed by atoms with Crippen molar-refractivity contribution in [2.45, 2.75) is 24.3 Å². The van der Waals surface area contributed by atoms with E-state index in [0.717, 1.165) is 32.6 Å². The number of nitriles is 1. The van der Waals surface area contributed by atoms with Crippen molar-refractivity contribution < 1.29 is 8.42 Å². The van der Waals surface area contributed by atoms with E-state index in [-0.39, 0.29) is 17.3 Å². The monoisotopic (exact) mass is 370 g/mol. The number of benzene rings is 1. The van der Waals surface area contributed by atoms with Gasteiger partial charge in [-0.15, -0.1) is 12.4 Å². The SMILES string of the molecule is Cc1cc(S(=O)(=O)N2CCC(N3CCNCC3)C2)ccc1C#N.Cl. The van der Waals surface area contributed by atoms with E-state index in [1.54, 1.807) is 29.4 Å². The molecule has 1 aromatic rings. The summed E-state index contributed by atoms with van der Waals surface area (Å²) in [6.07, 6.45) is 0.883. The smallest absolute Gasteiger partial charge is 0.243 e. The maximum atomic E-state index is 12.8. The zero-order chi connectivity index (χ0) is 16.4. The molecule has 0 aliphatic carbocycles.